The standard InChI is InChI=1S/C21H20F2N6O4/c1-12-3-4-15-13(10-32-21(22,23)33-15)16(12)26-18-25-9-14-17(27-18)29(19(30)28(14)2)20(11-24)5-7-31-8-6-20/h3-4,9H,5-8,10H2,1-2H3,(H,25,26,27). The number of hydrogen-bond acceptors (Lipinski definition) is 8. The summed E-state index contributed by atoms with van der Waals surface area (Å²) in [7, 11) is 1.59. The molecule has 4 heterocycles. The Morgan fingerprint density at radius 1 is 1.27 bits per heavy atom. The molecule has 0 radical (unpaired) electrons. The van der Waals surface area contributed by atoms with Crippen LogP contribution in [0.1, 0.15) is 24.0 Å². The van der Waals surface area contributed by atoms with Crippen LogP contribution in [0.3, 0.4) is 0 Å². The van der Waals surface area contributed by atoms with Gasteiger partial charge in [0.15, 0.2) is 5.65 Å². The number of alkyl halides is 2. The number of halogens is 2. The first-order valence-electron chi connectivity index (χ1n) is 10.3. The molecule has 2 aliphatic heterocycles. The molecule has 1 saturated heterocycles. The van der Waals surface area contributed by atoms with Crippen LogP contribution in [0, 0.1) is 18.3 Å². The van der Waals surface area contributed by atoms with E-state index < -0.39 is 11.8 Å². The van der Waals surface area contributed by atoms with E-state index in [1.165, 1.54) is 21.4 Å². The fraction of sp³-hybridized carbons (Fsp3) is 0.429. The Morgan fingerprint density at radius 3 is 2.76 bits per heavy atom. The molecule has 0 atom stereocenters. The van der Waals surface area contributed by atoms with Gasteiger partial charge in [-0.3, -0.25) is 13.9 Å². The third-order valence-corrected chi connectivity index (χ3v) is 6.09. The third-order valence-electron chi connectivity index (χ3n) is 6.09. The number of fused-ring (bicyclic) bond motifs is 2. The molecule has 1 aromatic carbocycles. The third kappa shape index (κ3) is 3.40. The molecule has 33 heavy (non-hydrogen) atoms. The lowest BCUT2D eigenvalue weighted by molar-refractivity contribution is -0.367. The molecule has 172 valence electrons. The van der Waals surface area contributed by atoms with E-state index in [1.54, 1.807) is 20.0 Å². The maximum atomic E-state index is 13.5. The van der Waals surface area contributed by atoms with Crippen LogP contribution in [0.4, 0.5) is 20.4 Å². The lowest BCUT2D eigenvalue weighted by Gasteiger charge is -2.31. The zero-order chi connectivity index (χ0) is 23.4. The topological polar surface area (TPSA) is 116 Å². The minimum absolute atomic E-state index is 0.0114. The van der Waals surface area contributed by atoms with Crippen LogP contribution >= 0.6 is 0 Å². The predicted molar refractivity (Wildman–Crippen MR) is 111 cm³/mol. The van der Waals surface area contributed by atoms with Crippen LogP contribution in [-0.4, -0.2) is 38.6 Å². The Balaban J connectivity index is 1.61. The Hall–Kier alpha value is -3.56. The number of nitrogens with zero attached hydrogens (tertiary/aromatic N) is 5. The number of aromatic nitrogens is 4. The number of anilines is 2. The molecule has 0 saturated carbocycles. The molecule has 1 fully saturated rings. The number of ether oxygens (including phenoxy) is 3. The van der Waals surface area contributed by atoms with E-state index >= 15 is 0 Å². The van der Waals surface area contributed by atoms with Crippen LogP contribution in [0.15, 0.2) is 23.1 Å². The zero-order valence-corrected chi connectivity index (χ0v) is 17.9. The molecule has 0 aliphatic carbocycles. The van der Waals surface area contributed by atoms with Gasteiger partial charge in [0.25, 0.3) is 0 Å². The van der Waals surface area contributed by atoms with Gasteiger partial charge in [-0.05, 0) is 18.6 Å². The smallest absolute Gasteiger partial charge is 0.409 e. The first-order chi connectivity index (χ1) is 15.7. The maximum absolute atomic E-state index is 13.5. The van der Waals surface area contributed by atoms with Gasteiger partial charge in [0.1, 0.15) is 16.8 Å². The van der Waals surface area contributed by atoms with Crippen molar-refractivity contribution in [2.24, 2.45) is 7.05 Å². The average molecular weight is 458 g/mol. The maximum Gasteiger partial charge on any atom is 0.535 e. The van der Waals surface area contributed by atoms with E-state index in [2.05, 4.69) is 30.8 Å². The van der Waals surface area contributed by atoms with Crippen molar-refractivity contribution < 1.29 is 23.0 Å². The van der Waals surface area contributed by atoms with Gasteiger partial charge in [0, 0.05) is 38.7 Å². The number of hydrogen-bond donors (Lipinski definition) is 1. The van der Waals surface area contributed by atoms with E-state index in [-0.39, 0.29) is 24.0 Å². The molecular formula is C21H20F2N6O4. The van der Waals surface area contributed by atoms with Gasteiger partial charge >= 0.3 is 12.0 Å². The molecule has 0 unspecified atom stereocenters. The number of nitrogens with one attached hydrogen (secondary N) is 1. The van der Waals surface area contributed by atoms with E-state index in [9.17, 15) is 18.8 Å². The molecule has 3 aromatic rings. The fourth-order valence-corrected chi connectivity index (χ4v) is 4.24. The van der Waals surface area contributed by atoms with Crippen molar-refractivity contribution in [2.75, 3.05) is 18.5 Å². The summed E-state index contributed by atoms with van der Waals surface area (Å²) in [6.45, 7) is 2.13. The molecule has 2 aromatic heterocycles. The summed E-state index contributed by atoms with van der Waals surface area (Å²) in [5.41, 5.74) is 0.890. The molecule has 10 nitrogen and oxygen atoms in total. The molecular weight excluding hydrogens is 438 g/mol. The van der Waals surface area contributed by atoms with Crippen LogP contribution in [0.2, 0.25) is 0 Å². The SMILES string of the molecule is Cc1ccc2c(c1Nc1ncc3c(n1)n(C1(C#N)CCOCC1)c(=O)n3C)COC(F)(F)O2. The monoisotopic (exact) mass is 458 g/mol. The van der Waals surface area contributed by atoms with Crippen LogP contribution in [0.25, 0.3) is 11.2 Å². The highest BCUT2D eigenvalue weighted by molar-refractivity contribution is 5.74. The van der Waals surface area contributed by atoms with Gasteiger partial charge in [-0.2, -0.15) is 10.2 Å². The minimum Gasteiger partial charge on any atom is -0.409 e. The first kappa shape index (κ1) is 21.3. The Morgan fingerprint density at radius 2 is 2.03 bits per heavy atom. The summed E-state index contributed by atoms with van der Waals surface area (Å²) >= 11 is 0. The Bertz CT molecular complexity index is 1350. The molecule has 1 N–H and O–H groups in total. The zero-order valence-electron chi connectivity index (χ0n) is 17.9. The number of benzene rings is 1. The second-order valence-corrected chi connectivity index (χ2v) is 8.05. The summed E-state index contributed by atoms with van der Waals surface area (Å²) in [4.78, 5) is 21.9. The summed E-state index contributed by atoms with van der Waals surface area (Å²) in [6, 6.07) is 5.37. The van der Waals surface area contributed by atoms with Crippen molar-refractivity contribution in [1.29, 1.82) is 5.26 Å². The van der Waals surface area contributed by atoms with Crippen molar-refractivity contribution in [1.82, 2.24) is 19.1 Å². The Kier molecular flexibility index (Phi) is 4.84. The normalized spacial score (nSPS) is 18.9. The minimum atomic E-state index is -3.70. The summed E-state index contributed by atoms with van der Waals surface area (Å²) in [5.74, 6) is 0.124. The van der Waals surface area contributed by atoms with E-state index in [0.29, 0.717) is 48.5 Å². The molecule has 0 amide bonds. The van der Waals surface area contributed by atoms with Crippen molar-refractivity contribution in [3.63, 3.8) is 0 Å². The highest BCUT2D eigenvalue weighted by Gasteiger charge is 2.40. The van der Waals surface area contributed by atoms with Gasteiger partial charge in [0.05, 0.1) is 24.6 Å². The highest BCUT2D eigenvalue weighted by Crippen LogP contribution is 2.39. The van der Waals surface area contributed by atoms with Crippen molar-refractivity contribution in [3.05, 3.63) is 39.9 Å². The van der Waals surface area contributed by atoms with Gasteiger partial charge in [-0.15, -0.1) is 8.78 Å². The quantitative estimate of drug-likeness (QED) is 0.637. The lowest BCUT2D eigenvalue weighted by atomic mass is 9.91. The van der Waals surface area contributed by atoms with Crippen LogP contribution in [0.5, 0.6) is 5.75 Å². The van der Waals surface area contributed by atoms with Crippen molar-refractivity contribution in [3.8, 4) is 11.8 Å². The summed E-state index contributed by atoms with van der Waals surface area (Å²) in [5, 5.41) is 13.0. The molecule has 0 bridgehead atoms. The number of imidazole rings is 1. The number of rotatable bonds is 3. The molecule has 0 spiro atoms. The first-order valence-corrected chi connectivity index (χ1v) is 10.3. The largest absolute Gasteiger partial charge is 0.535 e. The number of aryl methyl sites for hydroxylation is 2. The van der Waals surface area contributed by atoms with E-state index in [1.807, 2.05) is 0 Å². The summed E-state index contributed by atoms with van der Waals surface area (Å²) < 4.78 is 44.3. The van der Waals surface area contributed by atoms with Gasteiger partial charge in [-0.1, -0.05) is 6.07 Å². The summed E-state index contributed by atoms with van der Waals surface area (Å²) in [6.07, 6.45) is -1.52. The average Bonchev–Trinajstić information content (AvgIpc) is 3.05. The molecule has 12 heteroatoms. The molecule has 5 rings (SSSR count). The predicted octanol–water partition coefficient (Wildman–Crippen LogP) is 2.67. The highest BCUT2D eigenvalue weighted by atomic mass is 19.3. The second kappa shape index (κ2) is 7.50. The van der Waals surface area contributed by atoms with Crippen LogP contribution < -0.4 is 15.7 Å². The van der Waals surface area contributed by atoms with Gasteiger partial charge in [0.2, 0.25) is 5.95 Å². The van der Waals surface area contributed by atoms with E-state index in [0.717, 1.165) is 5.56 Å². The number of nitriles is 1. The second-order valence-electron chi connectivity index (χ2n) is 8.05. The fourth-order valence-electron chi connectivity index (χ4n) is 4.24. The van der Waals surface area contributed by atoms with E-state index in [4.69, 9.17) is 4.74 Å². The van der Waals surface area contributed by atoms with Gasteiger partial charge < -0.3 is 14.8 Å². The van der Waals surface area contributed by atoms with Crippen molar-refractivity contribution >= 4 is 22.8 Å². The van der Waals surface area contributed by atoms with Crippen molar-refractivity contribution in [2.45, 2.75) is 38.2 Å². The van der Waals surface area contributed by atoms with Gasteiger partial charge in [-0.25, -0.2) is 9.78 Å². The van der Waals surface area contributed by atoms with Crippen LogP contribution in [-0.2, 0) is 28.7 Å². The Labute approximate surface area is 186 Å². The lowest BCUT2D eigenvalue weighted by Crippen LogP contribution is -2.44. The molecule has 2 aliphatic rings.